The molecule has 1 aromatic heterocycles. The normalized spacial score (nSPS) is 12.3. The minimum atomic E-state index is -0.842. The molecule has 0 aliphatic carbocycles. The summed E-state index contributed by atoms with van der Waals surface area (Å²) in [6, 6.07) is 16.9. The van der Waals surface area contributed by atoms with Gasteiger partial charge in [0.2, 0.25) is 0 Å². The van der Waals surface area contributed by atoms with E-state index < -0.39 is 6.10 Å². The van der Waals surface area contributed by atoms with Gasteiger partial charge in [-0.3, -0.25) is 0 Å². The first-order valence-corrected chi connectivity index (χ1v) is 7.28. The van der Waals surface area contributed by atoms with E-state index >= 15 is 0 Å². The molecule has 0 bridgehead atoms. The van der Waals surface area contributed by atoms with Crippen LogP contribution < -0.4 is 5.73 Å². The number of aliphatic hydroxyl groups excluding tert-OH is 1. The molecule has 0 saturated carbocycles. The molecule has 0 aliphatic rings. The van der Waals surface area contributed by atoms with Crippen LogP contribution in [0.3, 0.4) is 0 Å². The molecule has 3 N–H and O–H groups in total. The van der Waals surface area contributed by atoms with Crippen LogP contribution in [0.4, 0.5) is 5.69 Å². The highest BCUT2D eigenvalue weighted by atomic mass is 79.9. The molecule has 21 heavy (non-hydrogen) atoms. The van der Waals surface area contributed by atoms with Gasteiger partial charge in [-0.1, -0.05) is 34.1 Å². The van der Waals surface area contributed by atoms with Crippen molar-refractivity contribution in [2.24, 2.45) is 0 Å². The number of hydrogen-bond acceptors (Lipinski definition) is 3. The Labute approximate surface area is 131 Å². The van der Waals surface area contributed by atoms with Gasteiger partial charge in [-0.05, 0) is 36.4 Å². The van der Waals surface area contributed by atoms with Crippen LogP contribution >= 0.6 is 15.9 Å². The largest absolute Gasteiger partial charge is 0.398 e. The van der Waals surface area contributed by atoms with E-state index in [-0.39, 0.29) is 0 Å². The zero-order valence-corrected chi connectivity index (χ0v) is 12.7. The van der Waals surface area contributed by atoms with Crippen LogP contribution in [0.15, 0.2) is 65.3 Å². The van der Waals surface area contributed by atoms with E-state index in [1.807, 2.05) is 42.5 Å². The predicted molar refractivity (Wildman–Crippen MR) is 86.2 cm³/mol. The molecule has 4 nitrogen and oxygen atoms in total. The highest BCUT2D eigenvalue weighted by Gasteiger charge is 2.18. The number of aromatic nitrogens is 2. The number of hydrogen-bond donors (Lipinski definition) is 2. The molecule has 2 aromatic carbocycles. The van der Waals surface area contributed by atoms with Crippen molar-refractivity contribution in [3.8, 4) is 5.69 Å². The van der Waals surface area contributed by atoms with Crippen molar-refractivity contribution >= 4 is 21.6 Å². The smallest absolute Gasteiger partial charge is 0.123 e. The summed E-state index contributed by atoms with van der Waals surface area (Å²) < 4.78 is 2.59. The molecular formula is C16H14BrN3O. The second-order valence-corrected chi connectivity index (χ2v) is 5.59. The Balaban J connectivity index is 2.06. The highest BCUT2D eigenvalue weighted by Crippen LogP contribution is 2.30. The Hall–Kier alpha value is -2.11. The number of para-hydroxylation sites is 1. The number of halogens is 1. The minimum absolute atomic E-state index is 0.548. The fourth-order valence-corrected chi connectivity index (χ4v) is 2.63. The Morgan fingerprint density at radius 2 is 1.86 bits per heavy atom. The van der Waals surface area contributed by atoms with Crippen molar-refractivity contribution in [3.63, 3.8) is 0 Å². The molecule has 3 aromatic rings. The van der Waals surface area contributed by atoms with Crippen molar-refractivity contribution < 1.29 is 5.11 Å². The lowest BCUT2D eigenvalue weighted by molar-refractivity contribution is 0.212. The molecular weight excluding hydrogens is 330 g/mol. The molecule has 1 heterocycles. The fraction of sp³-hybridized carbons (Fsp3) is 0.0625. The van der Waals surface area contributed by atoms with Gasteiger partial charge in [0.05, 0.1) is 11.4 Å². The summed E-state index contributed by atoms with van der Waals surface area (Å²) in [4.78, 5) is 0. The van der Waals surface area contributed by atoms with Gasteiger partial charge in [-0.15, -0.1) is 0 Å². The highest BCUT2D eigenvalue weighted by molar-refractivity contribution is 9.10. The van der Waals surface area contributed by atoms with Gasteiger partial charge in [0.15, 0.2) is 0 Å². The van der Waals surface area contributed by atoms with E-state index in [1.165, 1.54) is 0 Å². The third-order valence-electron chi connectivity index (χ3n) is 3.30. The quantitative estimate of drug-likeness (QED) is 0.717. The molecule has 0 fully saturated rings. The molecule has 0 spiro atoms. The second-order valence-electron chi connectivity index (χ2n) is 4.68. The zero-order valence-electron chi connectivity index (χ0n) is 11.1. The van der Waals surface area contributed by atoms with Gasteiger partial charge in [-0.25, -0.2) is 4.68 Å². The molecule has 106 valence electrons. The summed E-state index contributed by atoms with van der Waals surface area (Å²) in [5, 5.41) is 15.0. The van der Waals surface area contributed by atoms with Gasteiger partial charge in [-0.2, -0.15) is 5.10 Å². The third-order valence-corrected chi connectivity index (χ3v) is 3.79. The lowest BCUT2D eigenvalue weighted by Gasteiger charge is -2.16. The van der Waals surface area contributed by atoms with Gasteiger partial charge in [0.1, 0.15) is 6.10 Å². The van der Waals surface area contributed by atoms with E-state index in [4.69, 9.17) is 5.73 Å². The van der Waals surface area contributed by atoms with Crippen LogP contribution in [0.5, 0.6) is 0 Å². The first-order chi connectivity index (χ1) is 10.2. The summed E-state index contributed by atoms with van der Waals surface area (Å²) in [5.41, 5.74) is 8.74. The van der Waals surface area contributed by atoms with Crippen molar-refractivity contribution in [2.45, 2.75) is 6.10 Å². The van der Waals surface area contributed by atoms with Crippen molar-refractivity contribution in [1.29, 1.82) is 0 Å². The van der Waals surface area contributed by atoms with Gasteiger partial charge < -0.3 is 10.8 Å². The molecule has 1 unspecified atom stereocenters. The predicted octanol–water partition coefficient (Wildman–Crippen LogP) is 3.30. The fourth-order valence-electron chi connectivity index (χ4n) is 2.25. The third kappa shape index (κ3) is 2.70. The number of nitrogens with zero attached hydrogens (tertiary/aromatic N) is 2. The van der Waals surface area contributed by atoms with Crippen LogP contribution in [-0.4, -0.2) is 14.9 Å². The van der Waals surface area contributed by atoms with E-state index in [1.54, 1.807) is 23.0 Å². The monoisotopic (exact) mass is 343 g/mol. The lowest BCUT2D eigenvalue weighted by Crippen LogP contribution is -2.10. The summed E-state index contributed by atoms with van der Waals surface area (Å²) >= 11 is 3.40. The van der Waals surface area contributed by atoms with Crippen molar-refractivity contribution in [1.82, 2.24) is 9.78 Å². The Morgan fingerprint density at radius 3 is 2.62 bits per heavy atom. The summed E-state index contributed by atoms with van der Waals surface area (Å²) in [5.74, 6) is 0. The van der Waals surface area contributed by atoms with Crippen LogP contribution in [0.2, 0.25) is 0 Å². The minimum Gasteiger partial charge on any atom is -0.398 e. The summed E-state index contributed by atoms with van der Waals surface area (Å²) in [6.45, 7) is 0. The molecule has 0 amide bonds. The zero-order chi connectivity index (χ0) is 14.8. The number of aliphatic hydroxyl groups is 1. The maximum absolute atomic E-state index is 10.7. The average Bonchev–Trinajstić information content (AvgIpc) is 2.99. The summed E-state index contributed by atoms with van der Waals surface area (Å²) in [7, 11) is 0. The standard InChI is InChI=1S/C16H14BrN3O/c17-11-6-7-14(18)13(10-11)16(21)15-8-9-19-20(15)12-4-2-1-3-5-12/h1-10,16,21H,18H2. The molecule has 1 atom stereocenters. The SMILES string of the molecule is Nc1ccc(Br)cc1C(O)c1ccnn1-c1ccccc1. The molecule has 3 rings (SSSR count). The number of rotatable bonds is 3. The van der Waals surface area contributed by atoms with Gasteiger partial charge in [0.25, 0.3) is 0 Å². The molecule has 0 aliphatic heterocycles. The van der Waals surface area contributed by atoms with Crippen molar-refractivity contribution in [2.75, 3.05) is 5.73 Å². The van der Waals surface area contributed by atoms with E-state index in [0.717, 1.165) is 10.2 Å². The summed E-state index contributed by atoms with van der Waals surface area (Å²) in [6.07, 6.45) is 0.824. The van der Waals surface area contributed by atoms with E-state index in [2.05, 4.69) is 21.0 Å². The van der Waals surface area contributed by atoms with Crippen LogP contribution in [0, 0.1) is 0 Å². The first kappa shape index (κ1) is 13.9. The lowest BCUT2D eigenvalue weighted by atomic mass is 10.0. The van der Waals surface area contributed by atoms with Crippen LogP contribution in [0.1, 0.15) is 17.4 Å². The second kappa shape index (κ2) is 5.71. The maximum atomic E-state index is 10.7. The van der Waals surface area contributed by atoms with Crippen LogP contribution in [0.25, 0.3) is 5.69 Å². The Bertz CT molecular complexity index is 755. The molecule has 5 heteroatoms. The molecule has 0 radical (unpaired) electrons. The van der Waals surface area contributed by atoms with Gasteiger partial charge in [0, 0.05) is 21.9 Å². The van der Waals surface area contributed by atoms with Crippen LogP contribution in [-0.2, 0) is 0 Å². The number of benzene rings is 2. The topological polar surface area (TPSA) is 64.1 Å². The Kier molecular flexibility index (Phi) is 3.77. The number of nitrogens with two attached hydrogens (primary N) is 1. The number of nitrogen functional groups attached to an aromatic ring is 1. The first-order valence-electron chi connectivity index (χ1n) is 6.49. The van der Waals surface area contributed by atoms with Gasteiger partial charge >= 0.3 is 0 Å². The maximum Gasteiger partial charge on any atom is 0.123 e. The Morgan fingerprint density at radius 1 is 1.10 bits per heavy atom. The molecule has 0 saturated heterocycles. The van der Waals surface area contributed by atoms with E-state index in [0.29, 0.717) is 16.9 Å². The van der Waals surface area contributed by atoms with Crippen molar-refractivity contribution in [3.05, 3.63) is 76.5 Å². The van der Waals surface area contributed by atoms with E-state index in [9.17, 15) is 5.11 Å². The number of anilines is 1. The average molecular weight is 344 g/mol.